The van der Waals surface area contributed by atoms with Crippen molar-refractivity contribution in [1.82, 2.24) is 19.3 Å². The number of aryl methyl sites for hydroxylation is 1. The van der Waals surface area contributed by atoms with Crippen molar-refractivity contribution in [2.75, 3.05) is 5.32 Å². The molecule has 2 fully saturated rings. The molecular formula is C16H21N5O. The zero-order valence-electron chi connectivity index (χ0n) is 13.0. The maximum atomic E-state index is 12.4. The molecule has 2 aromatic rings. The molecule has 6 nitrogen and oxygen atoms in total. The molecule has 2 saturated carbocycles. The first-order valence-electron chi connectivity index (χ1n) is 8.04. The van der Waals surface area contributed by atoms with Crippen molar-refractivity contribution in [2.24, 2.45) is 5.92 Å². The third kappa shape index (κ3) is 2.42. The van der Waals surface area contributed by atoms with Crippen molar-refractivity contribution >= 4 is 11.6 Å². The highest BCUT2D eigenvalue weighted by Gasteiger charge is 2.30. The summed E-state index contributed by atoms with van der Waals surface area (Å²) in [6, 6.07) is 2.75. The quantitative estimate of drug-likeness (QED) is 0.922. The highest BCUT2D eigenvalue weighted by atomic mass is 16.1. The second-order valence-corrected chi connectivity index (χ2v) is 6.54. The largest absolute Gasteiger partial charge is 0.319 e. The Hall–Kier alpha value is -2.11. The van der Waals surface area contributed by atoms with Gasteiger partial charge in [-0.25, -0.2) is 4.98 Å². The van der Waals surface area contributed by atoms with E-state index in [2.05, 4.69) is 33.9 Å². The minimum atomic E-state index is -0.0626. The lowest BCUT2D eigenvalue weighted by molar-refractivity contribution is 0.432. The van der Waals surface area contributed by atoms with Crippen LogP contribution in [0, 0.1) is 12.8 Å². The first-order valence-corrected chi connectivity index (χ1v) is 8.04. The van der Waals surface area contributed by atoms with E-state index in [-0.39, 0.29) is 5.56 Å². The SMILES string of the molecule is Cc1cc(Nc2nccn(C3CC3)c2=O)nn1C(C)C1CC1. The number of rotatable bonds is 5. The number of hydrogen-bond donors (Lipinski definition) is 1. The zero-order valence-corrected chi connectivity index (χ0v) is 13.0. The number of hydrogen-bond acceptors (Lipinski definition) is 4. The number of aromatic nitrogens is 4. The fourth-order valence-electron chi connectivity index (χ4n) is 3.01. The van der Waals surface area contributed by atoms with Crippen LogP contribution in [0.4, 0.5) is 11.6 Å². The highest BCUT2D eigenvalue weighted by molar-refractivity contribution is 5.50. The molecule has 0 bridgehead atoms. The molecule has 0 saturated heterocycles. The summed E-state index contributed by atoms with van der Waals surface area (Å²) in [7, 11) is 0. The van der Waals surface area contributed by atoms with Gasteiger partial charge in [0.1, 0.15) is 0 Å². The van der Waals surface area contributed by atoms with Gasteiger partial charge in [-0.15, -0.1) is 0 Å². The summed E-state index contributed by atoms with van der Waals surface area (Å²) < 4.78 is 3.83. The molecule has 2 aliphatic rings. The van der Waals surface area contributed by atoms with Gasteiger partial charge in [-0.3, -0.25) is 9.48 Å². The predicted molar refractivity (Wildman–Crippen MR) is 84.4 cm³/mol. The second-order valence-electron chi connectivity index (χ2n) is 6.54. The normalized spacial score (nSPS) is 19.2. The lowest BCUT2D eigenvalue weighted by Gasteiger charge is -2.12. The molecule has 0 aromatic carbocycles. The van der Waals surface area contributed by atoms with Crippen LogP contribution in [0.2, 0.25) is 0 Å². The molecule has 4 rings (SSSR count). The van der Waals surface area contributed by atoms with Gasteiger partial charge in [0.2, 0.25) is 0 Å². The van der Waals surface area contributed by atoms with Crippen LogP contribution in [-0.2, 0) is 0 Å². The van der Waals surface area contributed by atoms with Gasteiger partial charge in [0.05, 0.1) is 6.04 Å². The van der Waals surface area contributed by atoms with Crippen LogP contribution in [0.15, 0.2) is 23.3 Å². The predicted octanol–water partition coefficient (Wildman–Crippen LogP) is 2.80. The van der Waals surface area contributed by atoms with Crippen LogP contribution in [0.1, 0.15) is 50.4 Å². The third-order valence-corrected chi connectivity index (χ3v) is 4.67. The summed E-state index contributed by atoms with van der Waals surface area (Å²) >= 11 is 0. The molecule has 2 aromatic heterocycles. The Kier molecular flexibility index (Phi) is 3.06. The minimum absolute atomic E-state index is 0.0626. The molecule has 1 N–H and O–H groups in total. The standard InChI is InChI=1S/C16H21N5O/c1-10-9-14(19-21(10)11(2)12-3-4-12)18-15-16(22)20(8-7-17-15)13-5-6-13/h7-9,11-13H,3-6H2,1-2H3,(H,17,18,19). The number of nitrogens with one attached hydrogen (secondary N) is 1. The van der Waals surface area contributed by atoms with Gasteiger partial charge in [-0.1, -0.05) is 0 Å². The highest BCUT2D eigenvalue weighted by Crippen LogP contribution is 2.40. The van der Waals surface area contributed by atoms with Crippen molar-refractivity contribution in [3.63, 3.8) is 0 Å². The molecule has 6 heteroatoms. The van der Waals surface area contributed by atoms with Crippen molar-refractivity contribution in [1.29, 1.82) is 0 Å². The van der Waals surface area contributed by atoms with Crippen LogP contribution in [0.3, 0.4) is 0 Å². The summed E-state index contributed by atoms with van der Waals surface area (Å²) in [5.41, 5.74) is 1.05. The van der Waals surface area contributed by atoms with Crippen LogP contribution in [0.5, 0.6) is 0 Å². The van der Waals surface area contributed by atoms with Crippen LogP contribution >= 0.6 is 0 Å². The molecule has 0 aliphatic heterocycles. The molecule has 0 radical (unpaired) electrons. The smallest absolute Gasteiger partial charge is 0.293 e. The van der Waals surface area contributed by atoms with E-state index < -0.39 is 0 Å². The van der Waals surface area contributed by atoms with Gasteiger partial charge >= 0.3 is 0 Å². The summed E-state index contributed by atoms with van der Waals surface area (Å²) in [5, 5.41) is 7.71. The van der Waals surface area contributed by atoms with E-state index in [0.29, 0.717) is 23.7 Å². The van der Waals surface area contributed by atoms with Crippen molar-refractivity contribution in [3.8, 4) is 0 Å². The van der Waals surface area contributed by atoms with Gasteiger partial charge in [0, 0.05) is 30.2 Å². The van der Waals surface area contributed by atoms with E-state index in [4.69, 9.17) is 0 Å². The Morgan fingerprint density at radius 1 is 1.32 bits per heavy atom. The van der Waals surface area contributed by atoms with E-state index >= 15 is 0 Å². The Labute approximate surface area is 129 Å². The maximum Gasteiger partial charge on any atom is 0.293 e. The Bertz CT molecular complexity index is 754. The van der Waals surface area contributed by atoms with Crippen molar-refractivity contribution in [2.45, 2.75) is 51.6 Å². The Balaban J connectivity index is 1.60. The van der Waals surface area contributed by atoms with Gasteiger partial charge in [0.15, 0.2) is 11.6 Å². The topological polar surface area (TPSA) is 64.7 Å². The van der Waals surface area contributed by atoms with E-state index in [1.54, 1.807) is 17.0 Å². The van der Waals surface area contributed by atoms with Crippen LogP contribution in [-0.4, -0.2) is 19.3 Å². The first kappa shape index (κ1) is 13.5. The second kappa shape index (κ2) is 4.97. The van der Waals surface area contributed by atoms with Gasteiger partial charge in [-0.05, 0) is 45.4 Å². The molecule has 0 amide bonds. The molecular weight excluding hydrogens is 278 g/mol. The van der Waals surface area contributed by atoms with Crippen LogP contribution in [0.25, 0.3) is 0 Å². The minimum Gasteiger partial charge on any atom is -0.319 e. The molecule has 1 unspecified atom stereocenters. The summed E-state index contributed by atoms with van der Waals surface area (Å²) in [5.74, 6) is 1.80. The van der Waals surface area contributed by atoms with E-state index in [9.17, 15) is 4.79 Å². The Morgan fingerprint density at radius 3 is 2.77 bits per heavy atom. The summed E-state index contributed by atoms with van der Waals surface area (Å²) in [4.78, 5) is 16.6. The van der Waals surface area contributed by atoms with Gasteiger partial charge in [-0.2, -0.15) is 5.10 Å². The molecule has 2 heterocycles. The van der Waals surface area contributed by atoms with E-state index in [0.717, 1.165) is 24.5 Å². The zero-order chi connectivity index (χ0) is 15.3. The van der Waals surface area contributed by atoms with Gasteiger partial charge < -0.3 is 9.88 Å². The van der Waals surface area contributed by atoms with Crippen LogP contribution < -0.4 is 10.9 Å². The lowest BCUT2D eigenvalue weighted by Crippen LogP contribution is -2.22. The maximum absolute atomic E-state index is 12.4. The van der Waals surface area contributed by atoms with E-state index in [1.165, 1.54) is 12.8 Å². The summed E-state index contributed by atoms with van der Waals surface area (Å²) in [6.45, 7) is 4.26. The molecule has 116 valence electrons. The third-order valence-electron chi connectivity index (χ3n) is 4.67. The van der Waals surface area contributed by atoms with E-state index in [1.807, 2.05) is 6.07 Å². The van der Waals surface area contributed by atoms with Crippen molar-refractivity contribution in [3.05, 3.63) is 34.5 Å². The average molecular weight is 299 g/mol. The molecule has 22 heavy (non-hydrogen) atoms. The molecule has 0 spiro atoms. The number of anilines is 2. The lowest BCUT2D eigenvalue weighted by atomic mass is 10.2. The fraction of sp³-hybridized carbons (Fsp3) is 0.562. The first-order chi connectivity index (χ1) is 10.6. The fourth-order valence-corrected chi connectivity index (χ4v) is 3.01. The number of nitrogens with zero attached hydrogens (tertiary/aromatic N) is 4. The van der Waals surface area contributed by atoms with Crippen molar-refractivity contribution < 1.29 is 0 Å². The molecule has 2 aliphatic carbocycles. The average Bonchev–Trinajstić information content (AvgIpc) is 3.38. The Morgan fingerprint density at radius 2 is 2.09 bits per heavy atom. The summed E-state index contributed by atoms with van der Waals surface area (Å²) in [6.07, 6.45) is 8.18. The monoisotopic (exact) mass is 299 g/mol. The molecule has 1 atom stereocenters. The van der Waals surface area contributed by atoms with Gasteiger partial charge in [0.25, 0.3) is 5.56 Å².